The molecule has 0 aromatic carbocycles. The summed E-state index contributed by atoms with van der Waals surface area (Å²) in [5, 5.41) is 3.06. The van der Waals surface area contributed by atoms with Crippen LogP contribution in [-0.4, -0.2) is 29.8 Å². The molecule has 0 rings (SSSR count). The van der Waals surface area contributed by atoms with Gasteiger partial charge < -0.3 is 10.1 Å². The van der Waals surface area contributed by atoms with Crippen molar-refractivity contribution in [1.29, 1.82) is 0 Å². The highest BCUT2D eigenvalue weighted by atomic mass is 32.2. The third-order valence-electron chi connectivity index (χ3n) is 0.986. The summed E-state index contributed by atoms with van der Waals surface area (Å²) in [6.07, 6.45) is 0. The van der Waals surface area contributed by atoms with Crippen molar-refractivity contribution in [2.45, 2.75) is 13.8 Å². The van der Waals surface area contributed by atoms with Crippen molar-refractivity contribution in [3.05, 3.63) is 0 Å². The molecule has 4 heteroatoms. The number of rotatable bonds is 5. The summed E-state index contributed by atoms with van der Waals surface area (Å²) >= 11 is 6.64. The van der Waals surface area contributed by atoms with Gasteiger partial charge in [0.15, 0.2) is 0 Å². The van der Waals surface area contributed by atoms with Gasteiger partial charge in [-0.3, -0.25) is 0 Å². The highest BCUT2D eigenvalue weighted by Gasteiger charge is 1.93. The first-order valence-electron chi connectivity index (χ1n) is 3.79. The molecule has 0 saturated heterocycles. The van der Waals surface area contributed by atoms with Crippen molar-refractivity contribution in [1.82, 2.24) is 5.32 Å². The topological polar surface area (TPSA) is 21.3 Å². The van der Waals surface area contributed by atoms with Gasteiger partial charge in [0, 0.05) is 18.9 Å². The first kappa shape index (κ1) is 11.2. The van der Waals surface area contributed by atoms with E-state index in [1.807, 2.05) is 13.8 Å². The fraction of sp³-hybridized carbons (Fsp3) is 0.857. The Bertz CT molecular complexity index is 109. The van der Waals surface area contributed by atoms with Crippen LogP contribution in [-0.2, 0) is 4.74 Å². The molecule has 0 aromatic rings. The fourth-order valence-corrected chi connectivity index (χ4v) is 1.56. The summed E-state index contributed by atoms with van der Waals surface area (Å²) in [6, 6.07) is 0. The Balaban J connectivity index is 3.04. The number of thioether (sulfide) groups is 1. The number of hydrogen-bond acceptors (Lipinski definition) is 3. The molecule has 0 radical (unpaired) electrons. The van der Waals surface area contributed by atoms with Crippen molar-refractivity contribution < 1.29 is 4.74 Å². The van der Waals surface area contributed by atoms with Gasteiger partial charge in [0.2, 0.25) is 0 Å². The molecule has 0 aliphatic heterocycles. The zero-order chi connectivity index (χ0) is 8.53. The third kappa shape index (κ3) is 8.10. The molecule has 0 spiro atoms. The smallest absolute Gasteiger partial charge is 0.133 e. The van der Waals surface area contributed by atoms with Crippen LogP contribution in [0.25, 0.3) is 0 Å². The first-order chi connectivity index (χ1) is 5.31. The summed E-state index contributed by atoms with van der Waals surface area (Å²) < 4.78 is 6.02. The van der Waals surface area contributed by atoms with Gasteiger partial charge in [0.1, 0.15) is 4.32 Å². The van der Waals surface area contributed by atoms with E-state index in [2.05, 4.69) is 5.32 Å². The summed E-state index contributed by atoms with van der Waals surface area (Å²) in [6.45, 7) is 6.50. The van der Waals surface area contributed by atoms with Crippen molar-refractivity contribution in [3.8, 4) is 0 Å². The molecule has 66 valence electrons. The van der Waals surface area contributed by atoms with Crippen molar-refractivity contribution in [3.63, 3.8) is 0 Å². The van der Waals surface area contributed by atoms with Gasteiger partial charge in [-0.05, 0) is 13.8 Å². The molecule has 0 amide bonds. The molecule has 0 saturated carbocycles. The predicted octanol–water partition coefficient (Wildman–Crippen LogP) is 1.65. The second-order valence-corrected chi connectivity index (χ2v) is 3.64. The van der Waals surface area contributed by atoms with Crippen molar-refractivity contribution in [2.24, 2.45) is 0 Å². The van der Waals surface area contributed by atoms with Crippen LogP contribution in [0.1, 0.15) is 13.8 Å². The maximum atomic E-state index is 5.15. The standard InChI is InChI=1S/C7H15NOS2/c1-3-8-7(10)11-6-5-9-4-2/h3-6H2,1-2H3,(H,8,10). The lowest BCUT2D eigenvalue weighted by molar-refractivity contribution is 0.164. The Hall–Kier alpha value is 0.200. The Morgan fingerprint density at radius 1 is 1.55 bits per heavy atom. The molecule has 0 unspecified atom stereocenters. The number of nitrogens with one attached hydrogen (secondary N) is 1. The van der Waals surface area contributed by atoms with Gasteiger partial charge in [-0.1, -0.05) is 24.0 Å². The minimum atomic E-state index is 0.784. The van der Waals surface area contributed by atoms with Gasteiger partial charge in [0.25, 0.3) is 0 Å². The van der Waals surface area contributed by atoms with Gasteiger partial charge in [0.05, 0.1) is 6.61 Å². The van der Waals surface area contributed by atoms with E-state index in [4.69, 9.17) is 17.0 Å². The van der Waals surface area contributed by atoms with E-state index in [0.29, 0.717) is 0 Å². The van der Waals surface area contributed by atoms with E-state index in [0.717, 1.165) is 29.8 Å². The highest BCUT2D eigenvalue weighted by Crippen LogP contribution is 2.00. The van der Waals surface area contributed by atoms with E-state index in [1.54, 1.807) is 11.8 Å². The molecule has 0 atom stereocenters. The zero-order valence-corrected chi connectivity index (χ0v) is 8.69. The van der Waals surface area contributed by atoms with E-state index >= 15 is 0 Å². The molecule has 0 aliphatic carbocycles. The Morgan fingerprint density at radius 3 is 2.82 bits per heavy atom. The quantitative estimate of drug-likeness (QED) is 0.529. The third-order valence-corrected chi connectivity index (χ3v) is 2.26. The Labute approximate surface area is 78.1 Å². The van der Waals surface area contributed by atoms with Crippen LogP contribution >= 0.6 is 24.0 Å². The van der Waals surface area contributed by atoms with Crippen LogP contribution in [0, 0.1) is 0 Å². The van der Waals surface area contributed by atoms with E-state index in [-0.39, 0.29) is 0 Å². The van der Waals surface area contributed by atoms with Crippen LogP contribution in [0.2, 0.25) is 0 Å². The summed E-state index contributed by atoms with van der Waals surface area (Å²) in [4.78, 5) is 0. The SMILES string of the molecule is CCNC(=S)SCCOCC. The summed E-state index contributed by atoms with van der Waals surface area (Å²) in [5.41, 5.74) is 0. The molecule has 1 N–H and O–H groups in total. The van der Waals surface area contributed by atoms with E-state index < -0.39 is 0 Å². The lowest BCUT2D eigenvalue weighted by Gasteiger charge is -2.03. The molecule has 0 aromatic heterocycles. The van der Waals surface area contributed by atoms with Crippen LogP contribution in [0.3, 0.4) is 0 Å². The van der Waals surface area contributed by atoms with Crippen molar-refractivity contribution in [2.75, 3.05) is 25.5 Å². The maximum absolute atomic E-state index is 5.15. The minimum Gasteiger partial charge on any atom is -0.381 e. The van der Waals surface area contributed by atoms with Crippen LogP contribution in [0.4, 0.5) is 0 Å². The normalized spacial score (nSPS) is 9.64. The monoisotopic (exact) mass is 193 g/mol. The minimum absolute atomic E-state index is 0.784. The van der Waals surface area contributed by atoms with E-state index in [1.165, 1.54) is 0 Å². The average molecular weight is 193 g/mol. The fourth-order valence-electron chi connectivity index (χ4n) is 0.533. The van der Waals surface area contributed by atoms with Crippen LogP contribution in [0.15, 0.2) is 0 Å². The lowest BCUT2D eigenvalue weighted by Crippen LogP contribution is -2.18. The molecule has 0 bridgehead atoms. The molecule has 0 aliphatic rings. The van der Waals surface area contributed by atoms with Crippen LogP contribution < -0.4 is 5.32 Å². The molecule has 0 fully saturated rings. The molecular weight excluding hydrogens is 178 g/mol. The molecule has 11 heavy (non-hydrogen) atoms. The molecule has 2 nitrogen and oxygen atoms in total. The summed E-state index contributed by atoms with van der Waals surface area (Å²) in [7, 11) is 0. The van der Waals surface area contributed by atoms with Gasteiger partial charge in [-0.2, -0.15) is 0 Å². The largest absolute Gasteiger partial charge is 0.381 e. The predicted molar refractivity (Wildman–Crippen MR) is 55.2 cm³/mol. The van der Waals surface area contributed by atoms with Crippen molar-refractivity contribution >= 4 is 28.3 Å². The van der Waals surface area contributed by atoms with Gasteiger partial charge in [-0.25, -0.2) is 0 Å². The second kappa shape index (κ2) is 8.30. The zero-order valence-electron chi connectivity index (χ0n) is 7.05. The van der Waals surface area contributed by atoms with Crippen LogP contribution in [0.5, 0.6) is 0 Å². The van der Waals surface area contributed by atoms with E-state index in [9.17, 15) is 0 Å². The highest BCUT2D eigenvalue weighted by molar-refractivity contribution is 8.22. The Morgan fingerprint density at radius 2 is 2.27 bits per heavy atom. The van der Waals surface area contributed by atoms with Gasteiger partial charge >= 0.3 is 0 Å². The summed E-state index contributed by atoms with van der Waals surface area (Å²) in [5.74, 6) is 0.944. The molecule has 0 heterocycles. The maximum Gasteiger partial charge on any atom is 0.133 e. The average Bonchev–Trinajstić information content (AvgIpc) is 1.99. The first-order valence-corrected chi connectivity index (χ1v) is 5.19. The molecular formula is C7H15NOS2. The number of thiocarbonyl (C=S) groups is 1. The number of hydrogen-bond donors (Lipinski definition) is 1. The Kier molecular flexibility index (Phi) is 8.45. The lowest BCUT2D eigenvalue weighted by atomic mass is 10.8. The van der Waals surface area contributed by atoms with Gasteiger partial charge in [-0.15, -0.1) is 0 Å². The number of ether oxygens (including phenoxy) is 1. The second-order valence-electron chi connectivity index (χ2n) is 1.86.